The van der Waals surface area contributed by atoms with E-state index in [2.05, 4.69) is 16.8 Å². The molecule has 0 bridgehead atoms. The molecule has 1 aromatic heterocycles. The normalized spacial score (nSPS) is 19.3. The standard InChI is InChI=1S/C16H17ClFNOS/c17-12-5-4-10(8-13(12)18)15(9-20)19-14-2-1-3-16-11(14)6-7-21-16/h4-8,14-15,19-20H,1-3,9H2. The summed E-state index contributed by atoms with van der Waals surface area (Å²) in [7, 11) is 0. The van der Waals surface area contributed by atoms with Crippen molar-refractivity contribution in [3.8, 4) is 0 Å². The highest BCUT2D eigenvalue weighted by molar-refractivity contribution is 7.10. The first-order valence-corrected chi connectivity index (χ1v) is 8.33. The number of halogens is 2. The third-order valence-electron chi connectivity index (χ3n) is 3.98. The van der Waals surface area contributed by atoms with Crippen LogP contribution in [-0.4, -0.2) is 11.7 Å². The summed E-state index contributed by atoms with van der Waals surface area (Å²) < 4.78 is 13.6. The van der Waals surface area contributed by atoms with Crippen LogP contribution in [0.5, 0.6) is 0 Å². The molecule has 2 atom stereocenters. The number of thiophene rings is 1. The summed E-state index contributed by atoms with van der Waals surface area (Å²) in [5, 5.41) is 15.3. The fraction of sp³-hybridized carbons (Fsp3) is 0.375. The topological polar surface area (TPSA) is 32.3 Å². The maximum atomic E-state index is 13.6. The Morgan fingerprint density at radius 1 is 1.43 bits per heavy atom. The molecule has 1 heterocycles. The lowest BCUT2D eigenvalue weighted by Crippen LogP contribution is -2.30. The maximum Gasteiger partial charge on any atom is 0.142 e. The summed E-state index contributed by atoms with van der Waals surface area (Å²) in [6.45, 7) is -0.0724. The molecule has 0 radical (unpaired) electrons. The molecule has 2 nitrogen and oxygen atoms in total. The lowest BCUT2D eigenvalue weighted by molar-refractivity contribution is 0.228. The fourth-order valence-electron chi connectivity index (χ4n) is 2.89. The summed E-state index contributed by atoms with van der Waals surface area (Å²) >= 11 is 7.50. The molecule has 0 spiro atoms. The van der Waals surface area contributed by atoms with Crippen LogP contribution in [0.4, 0.5) is 4.39 Å². The van der Waals surface area contributed by atoms with Crippen LogP contribution in [0.15, 0.2) is 29.6 Å². The highest BCUT2D eigenvalue weighted by Crippen LogP contribution is 2.35. The Morgan fingerprint density at radius 3 is 3.05 bits per heavy atom. The molecule has 1 aliphatic rings. The van der Waals surface area contributed by atoms with Crippen LogP contribution in [0.25, 0.3) is 0 Å². The second kappa shape index (κ2) is 6.44. The summed E-state index contributed by atoms with van der Waals surface area (Å²) in [5.41, 5.74) is 2.04. The van der Waals surface area contributed by atoms with Gasteiger partial charge in [0.25, 0.3) is 0 Å². The van der Waals surface area contributed by atoms with Gasteiger partial charge in [-0.15, -0.1) is 11.3 Å². The van der Waals surface area contributed by atoms with Crippen LogP contribution >= 0.6 is 22.9 Å². The van der Waals surface area contributed by atoms with Crippen molar-refractivity contribution >= 4 is 22.9 Å². The van der Waals surface area contributed by atoms with Crippen molar-refractivity contribution < 1.29 is 9.50 Å². The molecule has 2 N–H and O–H groups in total. The first-order chi connectivity index (χ1) is 10.2. The number of aliphatic hydroxyl groups is 1. The predicted octanol–water partition coefficient (Wildman–Crippen LogP) is 4.24. The molecule has 21 heavy (non-hydrogen) atoms. The van der Waals surface area contributed by atoms with Crippen molar-refractivity contribution in [2.45, 2.75) is 31.3 Å². The minimum absolute atomic E-state index is 0.0724. The molecule has 0 amide bonds. The number of fused-ring (bicyclic) bond motifs is 1. The van der Waals surface area contributed by atoms with Crippen molar-refractivity contribution in [1.82, 2.24) is 5.32 Å². The fourth-order valence-corrected chi connectivity index (χ4v) is 3.99. The van der Waals surface area contributed by atoms with Gasteiger partial charge in [-0.25, -0.2) is 4.39 Å². The zero-order valence-corrected chi connectivity index (χ0v) is 13.1. The molecule has 2 aromatic rings. The van der Waals surface area contributed by atoms with Crippen LogP contribution in [0.1, 0.15) is 40.9 Å². The average molecular weight is 326 g/mol. The van der Waals surface area contributed by atoms with Gasteiger partial charge in [-0.2, -0.15) is 0 Å². The van der Waals surface area contributed by atoms with Gasteiger partial charge in [-0.05, 0) is 54.0 Å². The summed E-state index contributed by atoms with van der Waals surface area (Å²) in [6, 6.07) is 6.77. The smallest absolute Gasteiger partial charge is 0.142 e. The number of rotatable bonds is 4. The van der Waals surface area contributed by atoms with E-state index in [4.69, 9.17) is 11.6 Å². The van der Waals surface area contributed by atoms with Crippen molar-refractivity contribution in [1.29, 1.82) is 0 Å². The second-order valence-corrected chi connectivity index (χ2v) is 6.73. The van der Waals surface area contributed by atoms with Gasteiger partial charge in [-0.3, -0.25) is 0 Å². The van der Waals surface area contributed by atoms with Gasteiger partial charge in [0, 0.05) is 10.9 Å². The van der Waals surface area contributed by atoms with Crippen molar-refractivity contribution in [2.24, 2.45) is 0 Å². The number of nitrogens with one attached hydrogen (secondary N) is 1. The molecule has 0 fully saturated rings. The second-order valence-electron chi connectivity index (χ2n) is 5.32. The van der Waals surface area contributed by atoms with Gasteiger partial charge < -0.3 is 10.4 Å². The number of aliphatic hydroxyl groups excluding tert-OH is 1. The molecule has 5 heteroatoms. The molecule has 0 saturated carbocycles. The number of aryl methyl sites for hydroxylation is 1. The van der Waals surface area contributed by atoms with Crippen LogP contribution in [-0.2, 0) is 6.42 Å². The van der Waals surface area contributed by atoms with E-state index in [1.807, 2.05) is 0 Å². The van der Waals surface area contributed by atoms with Crippen LogP contribution in [0.3, 0.4) is 0 Å². The van der Waals surface area contributed by atoms with E-state index in [0.717, 1.165) is 24.8 Å². The van der Waals surface area contributed by atoms with Gasteiger partial charge in [0.2, 0.25) is 0 Å². The molecule has 1 aromatic carbocycles. The van der Waals surface area contributed by atoms with E-state index in [0.29, 0.717) is 0 Å². The molecule has 1 aliphatic carbocycles. The Hall–Kier alpha value is -0.940. The van der Waals surface area contributed by atoms with Gasteiger partial charge in [0.15, 0.2) is 0 Å². The third-order valence-corrected chi connectivity index (χ3v) is 5.29. The quantitative estimate of drug-likeness (QED) is 0.881. The molecule has 2 unspecified atom stereocenters. The maximum absolute atomic E-state index is 13.6. The van der Waals surface area contributed by atoms with E-state index >= 15 is 0 Å². The van der Waals surface area contributed by atoms with Gasteiger partial charge in [-0.1, -0.05) is 17.7 Å². The van der Waals surface area contributed by atoms with Crippen LogP contribution in [0.2, 0.25) is 5.02 Å². The highest BCUT2D eigenvalue weighted by atomic mass is 35.5. The molecule has 112 valence electrons. The van der Waals surface area contributed by atoms with E-state index in [-0.39, 0.29) is 23.7 Å². The molecule has 3 rings (SSSR count). The molecular weight excluding hydrogens is 309 g/mol. The molecule has 0 aliphatic heterocycles. The Bertz CT molecular complexity index is 630. The SMILES string of the molecule is OCC(NC1CCCc2sccc21)c1ccc(Cl)c(F)c1. The summed E-state index contributed by atoms with van der Waals surface area (Å²) in [6.07, 6.45) is 3.30. The van der Waals surface area contributed by atoms with Gasteiger partial charge in [0.05, 0.1) is 17.7 Å². The Labute approximate surface area is 132 Å². The van der Waals surface area contributed by atoms with E-state index < -0.39 is 5.82 Å². The Kier molecular flexibility index (Phi) is 4.60. The highest BCUT2D eigenvalue weighted by Gasteiger charge is 2.24. The average Bonchev–Trinajstić information content (AvgIpc) is 2.97. The zero-order valence-electron chi connectivity index (χ0n) is 11.5. The van der Waals surface area contributed by atoms with E-state index in [1.54, 1.807) is 17.4 Å². The Morgan fingerprint density at radius 2 is 2.29 bits per heavy atom. The number of hydrogen-bond acceptors (Lipinski definition) is 3. The van der Waals surface area contributed by atoms with Crippen molar-refractivity contribution in [3.63, 3.8) is 0 Å². The van der Waals surface area contributed by atoms with E-state index in [9.17, 15) is 9.50 Å². The van der Waals surface area contributed by atoms with Crippen molar-refractivity contribution in [3.05, 3.63) is 56.5 Å². The van der Waals surface area contributed by atoms with Crippen LogP contribution in [0, 0.1) is 5.82 Å². The number of benzene rings is 1. The van der Waals surface area contributed by atoms with Gasteiger partial charge in [0.1, 0.15) is 5.82 Å². The van der Waals surface area contributed by atoms with Crippen molar-refractivity contribution in [2.75, 3.05) is 6.61 Å². The summed E-state index contributed by atoms with van der Waals surface area (Å²) in [5.74, 6) is -0.450. The number of hydrogen-bond donors (Lipinski definition) is 2. The Balaban J connectivity index is 1.81. The van der Waals surface area contributed by atoms with Crippen LogP contribution < -0.4 is 5.32 Å². The molecule has 0 saturated heterocycles. The predicted molar refractivity (Wildman–Crippen MR) is 84.4 cm³/mol. The lowest BCUT2D eigenvalue weighted by atomic mass is 9.92. The third kappa shape index (κ3) is 3.14. The first kappa shape index (κ1) is 15.0. The largest absolute Gasteiger partial charge is 0.394 e. The minimum Gasteiger partial charge on any atom is -0.394 e. The first-order valence-electron chi connectivity index (χ1n) is 7.07. The molecular formula is C16H17ClFNOS. The monoisotopic (exact) mass is 325 g/mol. The zero-order chi connectivity index (χ0) is 14.8. The minimum atomic E-state index is -0.450. The lowest BCUT2D eigenvalue weighted by Gasteiger charge is -2.28. The summed E-state index contributed by atoms with van der Waals surface area (Å²) in [4.78, 5) is 1.41. The van der Waals surface area contributed by atoms with E-state index in [1.165, 1.54) is 22.6 Å². The van der Waals surface area contributed by atoms with Gasteiger partial charge >= 0.3 is 0 Å².